The monoisotopic (exact) mass is 338 g/mol. The molecule has 0 aliphatic heterocycles. The third-order valence-electron chi connectivity index (χ3n) is 3.49. The molecule has 1 N–H and O–H groups in total. The molecule has 0 radical (unpaired) electrons. The number of benzene rings is 1. The van der Waals surface area contributed by atoms with Crippen LogP contribution in [0.15, 0.2) is 51.8 Å². The Morgan fingerprint density at radius 2 is 2.00 bits per heavy atom. The van der Waals surface area contributed by atoms with E-state index in [2.05, 4.69) is 10.3 Å². The number of aromatic nitrogens is 1. The lowest BCUT2D eigenvalue weighted by Crippen LogP contribution is -2.16. The molecule has 0 aliphatic carbocycles. The number of carbonyl (C=O) groups excluding carboxylic acids is 1. The standard InChI is InChI=1S/C19H18N2O4/c1-11(2)24-13-4-5-14-15(10-18(22)25-16(14)9-13)19(23)21-17-8-12(3)6-7-20-17/h4-11H,1-3H3,(H,20,21,23). The van der Waals surface area contributed by atoms with Crippen LogP contribution in [0.2, 0.25) is 0 Å². The number of fused-ring (bicyclic) bond motifs is 1. The highest BCUT2D eigenvalue weighted by atomic mass is 16.5. The number of amides is 1. The zero-order valence-electron chi connectivity index (χ0n) is 14.2. The van der Waals surface area contributed by atoms with Gasteiger partial charge in [0.15, 0.2) is 0 Å². The minimum absolute atomic E-state index is 0.0111. The van der Waals surface area contributed by atoms with Gasteiger partial charge in [-0.25, -0.2) is 9.78 Å². The molecular formula is C19H18N2O4. The number of carbonyl (C=O) groups is 1. The van der Waals surface area contributed by atoms with Crippen molar-refractivity contribution < 1.29 is 13.9 Å². The second-order valence-electron chi connectivity index (χ2n) is 5.98. The molecule has 0 fully saturated rings. The van der Waals surface area contributed by atoms with Gasteiger partial charge in [-0.15, -0.1) is 0 Å². The van der Waals surface area contributed by atoms with Gasteiger partial charge in [0.2, 0.25) is 0 Å². The molecule has 25 heavy (non-hydrogen) atoms. The van der Waals surface area contributed by atoms with Crippen LogP contribution in [0.4, 0.5) is 5.82 Å². The summed E-state index contributed by atoms with van der Waals surface area (Å²) in [6.07, 6.45) is 1.60. The van der Waals surface area contributed by atoms with E-state index in [1.807, 2.05) is 26.8 Å². The van der Waals surface area contributed by atoms with Crippen molar-refractivity contribution in [2.24, 2.45) is 0 Å². The van der Waals surface area contributed by atoms with E-state index in [0.29, 0.717) is 22.5 Å². The van der Waals surface area contributed by atoms with Crippen LogP contribution in [0.25, 0.3) is 11.0 Å². The van der Waals surface area contributed by atoms with E-state index in [1.165, 1.54) is 6.07 Å². The molecule has 2 heterocycles. The number of nitrogens with one attached hydrogen (secondary N) is 1. The van der Waals surface area contributed by atoms with Crippen molar-refractivity contribution in [1.82, 2.24) is 4.98 Å². The third-order valence-corrected chi connectivity index (χ3v) is 3.49. The normalized spacial score (nSPS) is 10.9. The highest BCUT2D eigenvalue weighted by Gasteiger charge is 2.15. The lowest BCUT2D eigenvalue weighted by Gasteiger charge is -2.11. The highest BCUT2D eigenvalue weighted by Crippen LogP contribution is 2.24. The van der Waals surface area contributed by atoms with Crippen molar-refractivity contribution in [1.29, 1.82) is 0 Å². The van der Waals surface area contributed by atoms with Gasteiger partial charge in [-0.05, 0) is 50.6 Å². The summed E-state index contributed by atoms with van der Waals surface area (Å²) in [5, 5.41) is 3.23. The van der Waals surface area contributed by atoms with E-state index in [-0.39, 0.29) is 11.7 Å². The first-order valence-corrected chi connectivity index (χ1v) is 7.91. The first-order valence-electron chi connectivity index (χ1n) is 7.91. The zero-order valence-corrected chi connectivity index (χ0v) is 14.2. The van der Waals surface area contributed by atoms with Crippen molar-refractivity contribution in [3.8, 4) is 5.75 Å². The summed E-state index contributed by atoms with van der Waals surface area (Å²) in [4.78, 5) is 28.5. The molecule has 3 rings (SSSR count). The number of aryl methyl sites for hydroxylation is 1. The van der Waals surface area contributed by atoms with E-state index in [1.54, 1.807) is 30.5 Å². The predicted molar refractivity (Wildman–Crippen MR) is 95.2 cm³/mol. The molecule has 3 aromatic rings. The molecule has 0 aliphatic rings. The van der Waals surface area contributed by atoms with Crippen molar-refractivity contribution in [3.05, 3.63) is 64.1 Å². The van der Waals surface area contributed by atoms with E-state index >= 15 is 0 Å². The van der Waals surface area contributed by atoms with Crippen LogP contribution < -0.4 is 15.7 Å². The summed E-state index contributed by atoms with van der Waals surface area (Å²) < 4.78 is 10.8. The first-order chi connectivity index (χ1) is 11.9. The number of hydrogen-bond acceptors (Lipinski definition) is 5. The molecule has 1 amide bonds. The number of nitrogens with zero attached hydrogens (tertiary/aromatic N) is 1. The Balaban J connectivity index is 2.00. The van der Waals surface area contributed by atoms with Gasteiger partial charge >= 0.3 is 5.63 Å². The Kier molecular flexibility index (Phi) is 4.52. The van der Waals surface area contributed by atoms with Gasteiger partial charge in [0.1, 0.15) is 17.2 Å². The molecule has 128 valence electrons. The van der Waals surface area contributed by atoms with E-state index in [0.717, 1.165) is 5.56 Å². The van der Waals surface area contributed by atoms with Gasteiger partial charge in [0.25, 0.3) is 5.91 Å². The minimum atomic E-state index is -0.600. The summed E-state index contributed by atoms with van der Waals surface area (Å²) in [5.74, 6) is 0.572. The summed E-state index contributed by atoms with van der Waals surface area (Å²) in [7, 11) is 0. The molecule has 0 bridgehead atoms. The molecule has 0 atom stereocenters. The van der Waals surface area contributed by atoms with Crippen molar-refractivity contribution >= 4 is 22.7 Å². The molecular weight excluding hydrogens is 320 g/mol. The van der Waals surface area contributed by atoms with Crippen LogP contribution in [0, 0.1) is 6.92 Å². The van der Waals surface area contributed by atoms with Gasteiger partial charge in [-0.2, -0.15) is 0 Å². The Bertz CT molecular complexity index is 992. The van der Waals surface area contributed by atoms with Crippen molar-refractivity contribution in [3.63, 3.8) is 0 Å². The molecule has 1 aromatic carbocycles. The molecule has 0 spiro atoms. The molecule has 0 saturated carbocycles. The zero-order chi connectivity index (χ0) is 18.0. The molecule has 0 unspecified atom stereocenters. The van der Waals surface area contributed by atoms with E-state index in [4.69, 9.17) is 9.15 Å². The fraction of sp³-hybridized carbons (Fsp3) is 0.211. The molecule has 0 saturated heterocycles. The predicted octanol–water partition coefficient (Wildman–Crippen LogP) is 3.54. The van der Waals surface area contributed by atoms with Crippen molar-refractivity contribution in [2.45, 2.75) is 26.9 Å². The Labute approximate surface area is 144 Å². The fourth-order valence-electron chi connectivity index (χ4n) is 2.46. The van der Waals surface area contributed by atoms with Crippen LogP contribution >= 0.6 is 0 Å². The summed E-state index contributed by atoms with van der Waals surface area (Å²) in [6, 6.07) is 9.81. The maximum Gasteiger partial charge on any atom is 0.337 e. The summed E-state index contributed by atoms with van der Waals surface area (Å²) >= 11 is 0. The number of pyridine rings is 1. The van der Waals surface area contributed by atoms with Crippen LogP contribution in [-0.4, -0.2) is 17.0 Å². The van der Waals surface area contributed by atoms with Gasteiger partial charge < -0.3 is 14.5 Å². The first kappa shape index (κ1) is 16.7. The van der Waals surface area contributed by atoms with Gasteiger partial charge in [-0.3, -0.25) is 4.79 Å². The Morgan fingerprint density at radius 3 is 2.72 bits per heavy atom. The SMILES string of the molecule is Cc1ccnc(NC(=O)c2cc(=O)oc3cc(OC(C)C)ccc23)c1. The minimum Gasteiger partial charge on any atom is -0.491 e. The van der Waals surface area contributed by atoms with E-state index < -0.39 is 11.5 Å². The summed E-state index contributed by atoms with van der Waals surface area (Å²) in [6.45, 7) is 5.71. The quantitative estimate of drug-likeness (QED) is 0.736. The number of hydrogen-bond donors (Lipinski definition) is 1. The van der Waals surface area contributed by atoms with Crippen LogP contribution in [0.1, 0.15) is 29.8 Å². The largest absolute Gasteiger partial charge is 0.491 e. The smallest absolute Gasteiger partial charge is 0.337 e. The highest BCUT2D eigenvalue weighted by molar-refractivity contribution is 6.11. The Morgan fingerprint density at radius 1 is 1.20 bits per heavy atom. The lowest BCUT2D eigenvalue weighted by atomic mass is 10.1. The second-order valence-corrected chi connectivity index (χ2v) is 5.98. The van der Waals surface area contributed by atoms with Gasteiger partial charge in [0, 0.05) is 23.7 Å². The second kappa shape index (κ2) is 6.76. The third kappa shape index (κ3) is 3.85. The van der Waals surface area contributed by atoms with Crippen LogP contribution in [0.3, 0.4) is 0 Å². The Hall–Kier alpha value is -3.15. The molecule has 2 aromatic heterocycles. The maximum atomic E-state index is 12.6. The maximum absolute atomic E-state index is 12.6. The van der Waals surface area contributed by atoms with Gasteiger partial charge in [-0.1, -0.05) is 0 Å². The number of anilines is 1. The summed E-state index contributed by atoms with van der Waals surface area (Å²) in [5.41, 5.74) is 0.897. The fourth-order valence-corrected chi connectivity index (χ4v) is 2.46. The van der Waals surface area contributed by atoms with Gasteiger partial charge in [0.05, 0.1) is 11.7 Å². The van der Waals surface area contributed by atoms with Crippen LogP contribution in [0.5, 0.6) is 5.75 Å². The average molecular weight is 338 g/mol. The topological polar surface area (TPSA) is 81.4 Å². The lowest BCUT2D eigenvalue weighted by molar-refractivity contribution is 0.102. The molecule has 6 nitrogen and oxygen atoms in total. The number of ether oxygens (including phenoxy) is 1. The van der Waals surface area contributed by atoms with Crippen molar-refractivity contribution in [2.75, 3.05) is 5.32 Å². The van der Waals surface area contributed by atoms with Crippen LogP contribution in [-0.2, 0) is 0 Å². The number of rotatable bonds is 4. The van der Waals surface area contributed by atoms with E-state index in [9.17, 15) is 9.59 Å². The molecule has 6 heteroatoms. The average Bonchev–Trinajstić information content (AvgIpc) is 2.53.